The molecule has 102 valence electrons. The molecule has 1 aromatic heterocycles. The van der Waals surface area contributed by atoms with Crippen LogP contribution in [0, 0.1) is 12.7 Å². The molecule has 0 aliphatic carbocycles. The van der Waals surface area contributed by atoms with Crippen LogP contribution in [0.2, 0.25) is 0 Å². The van der Waals surface area contributed by atoms with Gasteiger partial charge in [0.25, 0.3) is 0 Å². The van der Waals surface area contributed by atoms with Crippen molar-refractivity contribution >= 4 is 21.4 Å². The van der Waals surface area contributed by atoms with E-state index in [0.29, 0.717) is 0 Å². The number of rotatable bonds is 3. The largest absolute Gasteiger partial charge is 0.323 e. The van der Waals surface area contributed by atoms with Crippen molar-refractivity contribution in [1.29, 1.82) is 0 Å². The molecule has 0 aliphatic heterocycles. The molecule has 0 saturated heterocycles. The van der Waals surface area contributed by atoms with Gasteiger partial charge in [0.05, 0.1) is 0 Å². The molecular weight excluding hydrogens is 269 g/mol. The Balaban J connectivity index is 1.84. The van der Waals surface area contributed by atoms with E-state index in [1.165, 1.54) is 17.2 Å². The van der Waals surface area contributed by atoms with E-state index in [1.807, 2.05) is 6.07 Å². The minimum absolute atomic E-state index is 0.0434. The SMILES string of the molecule is Cc1ccc(CC(N)c2cc3ccc(F)cc3s2)cc1. The summed E-state index contributed by atoms with van der Waals surface area (Å²) < 4.78 is 14.2. The van der Waals surface area contributed by atoms with Crippen molar-refractivity contribution in [2.75, 3.05) is 0 Å². The highest BCUT2D eigenvalue weighted by Crippen LogP contribution is 2.31. The van der Waals surface area contributed by atoms with Crippen LogP contribution >= 0.6 is 11.3 Å². The molecule has 0 spiro atoms. The van der Waals surface area contributed by atoms with E-state index >= 15 is 0 Å². The van der Waals surface area contributed by atoms with Crippen LogP contribution in [0.1, 0.15) is 22.0 Å². The Hall–Kier alpha value is -1.71. The lowest BCUT2D eigenvalue weighted by atomic mass is 10.0. The molecule has 1 nitrogen and oxygen atoms in total. The molecule has 20 heavy (non-hydrogen) atoms. The molecule has 0 amide bonds. The van der Waals surface area contributed by atoms with Gasteiger partial charge in [-0.05, 0) is 42.5 Å². The average molecular weight is 285 g/mol. The van der Waals surface area contributed by atoms with Gasteiger partial charge >= 0.3 is 0 Å². The molecule has 1 unspecified atom stereocenters. The van der Waals surface area contributed by atoms with Crippen molar-refractivity contribution in [3.63, 3.8) is 0 Å². The van der Waals surface area contributed by atoms with Gasteiger partial charge in [-0.2, -0.15) is 0 Å². The molecular formula is C17H16FNS. The summed E-state index contributed by atoms with van der Waals surface area (Å²) in [6.45, 7) is 2.07. The summed E-state index contributed by atoms with van der Waals surface area (Å²) >= 11 is 1.58. The lowest BCUT2D eigenvalue weighted by Crippen LogP contribution is -2.11. The number of fused-ring (bicyclic) bond motifs is 1. The summed E-state index contributed by atoms with van der Waals surface area (Å²) in [4.78, 5) is 1.10. The van der Waals surface area contributed by atoms with E-state index < -0.39 is 0 Å². The Morgan fingerprint density at radius 3 is 2.60 bits per heavy atom. The van der Waals surface area contributed by atoms with Crippen LogP contribution in [0.4, 0.5) is 4.39 Å². The van der Waals surface area contributed by atoms with Crippen LogP contribution in [-0.4, -0.2) is 0 Å². The first-order valence-corrected chi connectivity index (χ1v) is 7.43. The highest BCUT2D eigenvalue weighted by Gasteiger charge is 2.11. The van der Waals surface area contributed by atoms with Gasteiger partial charge < -0.3 is 5.73 Å². The first-order chi connectivity index (χ1) is 9.61. The second kappa shape index (κ2) is 5.35. The van der Waals surface area contributed by atoms with Crippen molar-refractivity contribution in [3.8, 4) is 0 Å². The van der Waals surface area contributed by atoms with Crippen LogP contribution in [-0.2, 0) is 6.42 Å². The highest BCUT2D eigenvalue weighted by molar-refractivity contribution is 7.19. The predicted octanol–water partition coefficient (Wildman–Crippen LogP) is 4.59. The molecule has 3 aromatic rings. The summed E-state index contributed by atoms with van der Waals surface area (Å²) in [6, 6.07) is 15.3. The van der Waals surface area contributed by atoms with Crippen molar-refractivity contribution < 1.29 is 4.39 Å². The number of aryl methyl sites for hydroxylation is 1. The van der Waals surface area contributed by atoms with Gasteiger partial charge in [0.15, 0.2) is 0 Å². The normalized spacial score (nSPS) is 12.8. The summed E-state index contributed by atoms with van der Waals surface area (Å²) in [5.74, 6) is -0.196. The molecule has 0 saturated carbocycles. The lowest BCUT2D eigenvalue weighted by molar-refractivity contribution is 0.630. The van der Waals surface area contributed by atoms with Crippen LogP contribution < -0.4 is 5.73 Å². The van der Waals surface area contributed by atoms with E-state index in [1.54, 1.807) is 17.4 Å². The monoisotopic (exact) mass is 285 g/mol. The Labute approximate surface area is 121 Å². The molecule has 1 heterocycles. The summed E-state index contributed by atoms with van der Waals surface area (Å²) in [5, 5.41) is 1.06. The third kappa shape index (κ3) is 2.74. The molecule has 1 atom stereocenters. The van der Waals surface area contributed by atoms with Crippen LogP contribution in [0.15, 0.2) is 48.5 Å². The van der Waals surface area contributed by atoms with Gasteiger partial charge in [-0.3, -0.25) is 0 Å². The highest BCUT2D eigenvalue weighted by atomic mass is 32.1. The Kier molecular flexibility index (Phi) is 3.55. The zero-order valence-corrected chi connectivity index (χ0v) is 12.1. The fourth-order valence-corrected chi connectivity index (χ4v) is 3.38. The van der Waals surface area contributed by atoms with Crippen molar-refractivity contribution in [2.45, 2.75) is 19.4 Å². The average Bonchev–Trinajstić information content (AvgIpc) is 2.84. The molecule has 2 N–H and O–H groups in total. The number of benzene rings is 2. The Morgan fingerprint density at radius 2 is 1.85 bits per heavy atom. The standard InChI is InChI=1S/C17H16FNS/c1-11-2-4-12(5-3-11)8-15(19)17-9-13-6-7-14(18)10-16(13)20-17/h2-7,9-10,15H,8,19H2,1H3. The maximum Gasteiger partial charge on any atom is 0.124 e. The maximum atomic E-state index is 13.2. The summed E-state index contributed by atoms with van der Waals surface area (Å²) in [6.07, 6.45) is 0.801. The van der Waals surface area contributed by atoms with Crippen LogP contribution in [0.25, 0.3) is 10.1 Å². The molecule has 0 aliphatic rings. The van der Waals surface area contributed by atoms with Gasteiger partial charge in [-0.15, -0.1) is 11.3 Å². The molecule has 2 aromatic carbocycles. The van der Waals surface area contributed by atoms with Gasteiger partial charge in [-0.1, -0.05) is 35.9 Å². The van der Waals surface area contributed by atoms with Gasteiger partial charge in [0, 0.05) is 15.6 Å². The van der Waals surface area contributed by atoms with Gasteiger partial charge in [-0.25, -0.2) is 4.39 Å². The van der Waals surface area contributed by atoms with E-state index in [4.69, 9.17) is 5.73 Å². The number of thiophene rings is 1. The molecule has 0 radical (unpaired) electrons. The predicted molar refractivity (Wildman–Crippen MR) is 83.6 cm³/mol. The summed E-state index contributed by atoms with van der Waals surface area (Å²) in [5.41, 5.74) is 8.76. The second-order valence-electron chi connectivity index (χ2n) is 5.13. The van der Waals surface area contributed by atoms with Crippen molar-refractivity contribution in [1.82, 2.24) is 0 Å². The minimum atomic E-state index is -0.196. The van der Waals surface area contributed by atoms with Gasteiger partial charge in [0.2, 0.25) is 0 Å². The topological polar surface area (TPSA) is 26.0 Å². The summed E-state index contributed by atoms with van der Waals surface area (Å²) in [7, 11) is 0. The second-order valence-corrected chi connectivity index (χ2v) is 6.24. The van der Waals surface area contributed by atoms with Crippen molar-refractivity contribution in [2.24, 2.45) is 5.73 Å². The zero-order chi connectivity index (χ0) is 14.1. The third-order valence-corrected chi connectivity index (χ3v) is 4.67. The lowest BCUT2D eigenvalue weighted by Gasteiger charge is -2.09. The van der Waals surface area contributed by atoms with E-state index in [2.05, 4.69) is 37.3 Å². The Bertz CT molecular complexity index is 730. The molecule has 0 bridgehead atoms. The zero-order valence-electron chi connectivity index (χ0n) is 11.3. The van der Waals surface area contributed by atoms with Crippen molar-refractivity contribution in [3.05, 3.63) is 70.4 Å². The van der Waals surface area contributed by atoms with E-state index in [0.717, 1.165) is 21.4 Å². The number of nitrogens with two attached hydrogens (primary N) is 1. The first kappa shape index (κ1) is 13.3. The van der Waals surface area contributed by atoms with Crippen LogP contribution in [0.3, 0.4) is 0 Å². The smallest absolute Gasteiger partial charge is 0.124 e. The molecule has 0 fully saturated rings. The Morgan fingerprint density at radius 1 is 1.10 bits per heavy atom. The number of hydrogen-bond donors (Lipinski definition) is 1. The molecule has 3 rings (SSSR count). The van der Waals surface area contributed by atoms with E-state index in [9.17, 15) is 4.39 Å². The maximum absolute atomic E-state index is 13.2. The fraction of sp³-hybridized carbons (Fsp3) is 0.176. The van der Waals surface area contributed by atoms with Gasteiger partial charge in [0.1, 0.15) is 5.82 Å². The number of halogens is 1. The van der Waals surface area contributed by atoms with Crippen LogP contribution in [0.5, 0.6) is 0 Å². The third-order valence-electron chi connectivity index (χ3n) is 3.44. The van der Waals surface area contributed by atoms with E-state index in [-0.39, 0.29) is 11.9 Å². The molecule has 3 heteroatoms. The minimum Gasteiger partial charge on any atom is -0.323 e. The number of hydrogen-bond acceptors (Lipinski definition) is 2. The first-order valence-electron chi connectivity index (χ1n) is 6.62. The quantitative estimate of drug-likeness (QED) is 0.748. The fourth-order valence-electron chi connectivity index (χ4n) is 2.29.